The van der Waals surface area contributed by atoms with E-state index >= 15 is 0 Å². The van der Waals surface area contributed by atoms with Gasteiger partial charge in [0, 0.05) is 17.9 Å². The van der Waals surface area contributed by atoms with Crippen LogP contribution in [0.5, 0.6) is 0 Å². The minimum absolute atomic E-state index is 0.210. The van der Waals surface area contributed by atoms with Gasteiger partial charge in [-0.1, -0.05) is 0 Å². The van der Waals surface area contributed by atoms with Crippen molar-refractivity contribution in [2.45, 2.75) is 6.92 Å². The number of rotatable bonds is 2. The fourth-order valence-electron chi connectivity index (χ4n) is 1.39. The summed E-state index contributed by atoms with van der Waals surface area (Å²) < 4.78 is 14.8. The van der Waals surface area contributed by atoms with Gasteiger partial charge in [0.1, 0.15) is 17.5 Å². The van der Waals surface area contributed by atoms with E-state index in [1.165, 1.54) is 6.07 Å². The van der Waals surface area contributed by atoms with Crippen LogP contribution in [0.3, 0.4) is 0 Å². The molecule has 0 aliphatic carbocycles. The second kappa shape index (κ2) is 4.03. The molecule has 16 heavy (non-hydrogen) atoms. The van der Waals surface area contributed by atoms with Crippen molar-refractivity contribution in [3.05, 3.63) is 36.3 Å². The van der Waals surface area contributed by atoms with E-state index < -0.39 is 12.9 Å². The van der Waals surface area contributed by atoms with E-state index in [0.717, 1.165) is 6.20 Å². The third kappa shape index (κ3) is 1.82. The van der Waals surface area contributed by atoms with Crippen LogP contribution in [0.25, 0.3) is 5.82 Å². The molecule has 2 N–H and O–H groups in total. The summed E-state index contributed by atoms with van der Waals surface area (Å²) in [6.45, 7) is 1.76. The number of hydrogen-bond donors (Lipinski definition) is 2. The van der Waals surface area contributed by atoms with Gasteiger partial charge in [-0.3, -0.25) is 4.57 Å². The molecule has 0 fully saturated rings. The molecule has 0 aromatic carbocycles. The summed E-state index contributed by atoms with van der Waals surface area (Å²) in [6, 6.07) is 1.27. The van der Waals surface area contributed by atoms with Crippen molar-refractivity contribution in [2.24, 2.45) is 0 Å². The lowest BCUT2D eigenvalue weighted by molar-refractivity contribution is 0.422. The Balaban J connectivity index is 2.52. The Bertz CT molecular complexity index is 515. The Kier molecular flexibility index (Phi) is 2.72. The van der Waals surface area contributed by atoms with Gasteiger partial charge in [0.2, 0.25) is 0 Å². The van der Waals surface area contributed by atoms with Gasteiger partial charge in [0.25, 0.3) is 0 Å². The van der Waals surface area contributed by atoms with Crippen LogP contribution in [0.2, 0.25) is 0 Å². The lowest BCUT2D eigenvalue weighted by Crippen LogP contribution is -2.33. The smallest absolute Gasteiger partial charge is 0.423 e. The molecule has 0 spiro atoms. The van der Waals surface area contributed by atoms with Gasteiger partial charge in [-0.15, -0.1) is 0 Å². The Hall–Kier alpha value is -1.73. The Morgan fingerprint density at radius 3 is 2.69 bits per heavy atom. The van der Waals surface area contributed by atoms with Crippen molar-refractivity contribution in [1.82, 2.24) is 14.5 Å². The van der Waals surface area contributed by atoms with Crippen LogP contribution in [-0.4, -0.2) is 31.7 Å². The van der Waals surface area contributed by atoms with E-state index in [1.807, 2.05) is 0 Å². The largest absolute Gasteiger partial charge is 0.491 e. The van der Waals surface area contributed by atoms with Gasteiger partial charge in [-0.25, -0.2) is 14.4 Å². The first-order valence-electron chi connectivity index (χ1n) is 4.61. The van der Waals surface area contributed by atoms with Gasteiger partial charge in [0.15, 0.2) is 0 Å². The predicted molar refractivity (Wildman–Crippen MR) is 55.9 cm³/mol. The molecule has 0 amide bonds. The van der Waals surface area contributed by atoms with Crippen molar-refractivity contribution in [3.63, 3.8) is 0 Å². The van der Waals surface area contributed by atoms with Crippen LogP contribution >= 0.6 is 0 Å². The minimum atomic E-state index is -1.86. The van der Waals surface area contributed by atoms with E-state index in [0.29, 0.717) is 11.6 Å². The molecule has 0 radical (unpaired) electrons. The molecule has 0 saturated carbocycles. The summed E-state index contributed by atoms with van der Waals surface area (Å²) in [5, 5.41) is 17.9. The zero-order valence-corrected chi connectivity index (χ0v) is 8.50. The Morgan fingerprint density at radius 2 is 2.12 bits per heavy atom. The zero-order chi connectivity index (χ0) is 11.7. The van der Waals surface area contributed by atoms with E-state index in [9.17, 15) is 4.39 Å². The zero-order valence-electron chi connectivity index (χ0n) is 8.50. The normalized spacial score (nSPS) is 10.5. The highest BCUT2D eigenvalue weighted by Crippen LogP contribution is 2.06. The average Bonchev–Trinajstić information content (AvgIpc) is 2.65. The molecule has 0 saturated heterocycles. The fraction of sp³-hybridized carbons (Fsp3) is 0.111. The van der Waals surface area contributed by atoms with Crippen molar-refractivity contribution in [1.29, 1.82) is 0 Å². The van der Waals surface area contributed by atoms with Gasteiger partial charge >= 0.3 is 7.12 Å². The molecule has 82 valence electrons. The summed E-state index contributed by atoms with van der Waals surface area (Å²) in [5.74, 6) is 0.313. The molecule has 0 bridgehead atoms. The number of aryl methyl sites for hydroxylation is 1. The Morgan fingerprint density at radius 1 is 1.38 bits per heavy atom. The molecule has 7 heteroatoms. The second-order valence-corrected chi connectivity index (χ2v) is 3.28. The van der Waals surface area contributed by atoms with Crippen molar-refractivity contribution in [3.8, 4) is 5.82 Å². The highest BCUT2D eigenvalue weighted by molar-refractivity contribution is 6.58. The lowest BCUT2D eigenvalue weighted by atomic mass is 9.80. The maximum atomic E-state index is 13.2. The minimum Gasteiger partial charge on any atom is -0.423 e. The summed E-state index contributed by atoms with van der Waals surface area (Å²) in [5.41, 5.74) is -0.210. The average molecular weight is 221 g/mol. The van der Waals surface area contributed by atoms with Crippen molar-refractivity contribution < 1.29 is 14.4 Å². The summed E-state index contributed by atoms with van der Waals surface area (Å²) in [4.78, 5) is 7.84. The lowest BCUT2D eigenvalue weighted by Gasteiger charge is -2.07. The van der Waals surface area contributed by atoms with Crippen LogP contribution in [0, 0.1) is 12.7 Å². The van der Waals surface area contributed by atoms with Crippen molar-refractivity contribution >= 4 is 12.6 Å². The predicted octanol–water partition coefficient (Wildman–Crippen LogP) is -0.605. The molecule has 5 nitrogen and oxygen atoms in total. The number of nitrogens with zero attached hydrogens (tertiary/aromatic N) is 3. The standard InChI is InChI=1S/C9H9BFN3O2/c1-6-12-2-3-14(6)9-4-7(10(15)16)8(11)5-13-9/h2-5,15-16H,1H3. The van der Waals surface area contributed by atoms with Crippen LogP contribution in [0.15, 0.2) is 24.7 Å². The van der Waals surface area contributed by atoms with E-state index in [-0.39, 0.29) is 5.46 Å². The highest BCUT2D eigenvalue weighted by Gasteiger charge is 2.18. The van der Waals surface area contributed by atoms with Gasteiger partial charge in [-0.2, -0.15) is 0 Å². The van der Waals surface area contributed by atoms with Crippen LogP contribution in [0.4, 0.5) is 4.39 Å². The second-order valence-electron chi connectivity index (χ2n) is 3.28. The first-order chi connectivity index (χ1) is 7.59. The number of imidazole rings is 1. The first kappa shape index (κ1) is 10.8. The van der Waals surface area contributed by atoms with Gasteiger partial charge in [0.05, 0.1) is 6.20 Å². The van der Waals surface area contributed by atoms with Gasteiger partial charge < -0.3 is 10.0 Å². The molecule has 0 aliphatic heterocycles. The molecular formula is C9H9BFN3O2. The molecule has 0 aliphatic rings. The summed E-state index contributed by atoms with van der Waals surface area (Å²) in [6.07, 6.45) is 4.18. The molecule has 0 atom stereocenters. The molecule has 2 rings (SSSR count). The molecular weight excluding hydrogens is 212 g/mol. The molecule has 2 aromatic rings. The van der Waals surface area contributed by atoms with E-state index in [2.05, 4.69) is 9.97 Å². The summed E-state index contributed by atoms with van der Waals surface area (Å²) >= 11 is 0. The number of hydrogen-bond acceptors (Lipinski definition) is 4. The fourth-order valence-corrected chi connectivity index (χ4v) is 1.39. The maximum Gasteiger partial charge on any atom is 0.491 e. The van der Waals surface area contributed by atoms with Crippen molar-refractivity contribution in [2.75, 3.05) is 0 Å². The first-order valence-corrected chi connectivity index (χ1v) is 4.61. The summed E-state index contributed by atoms with van der Waals surface area (Å²) in [7, 11) is -1.86. The van der Waals surface area contributed by atoms with Crippen LogP contribution < -0.4 is 5.46 Å². The monoisotopic (exact) mass is 221 g/mol. The highest BCUT2D eigenvalue weighted by atomic mass is 19.1. The van der Waals surface area contributed by atoms with Crippen LogP contribution in [0.1, 0.15) is 5.82 Å². The number of pyridine rings is 1. The number of halogens is 1. The quantitative estimate of drug-likeness (QED) is 0.664. The molecule has 0 unspecified atom stereocenters. The van der Waals surface area contributed by atoms with E-state index in [4.69, 9.17) is 10.0 Å². The Labute approximate surface area is 91.4 Å². The molecule has 2 aromatic heterocycles. The SMILES string of the molecule is Cc1nccn1-c1cc(B(O)O)c(F)cn1. The third-order valence-corrected chi connectivity index (χ3v) is 2.22. The third-order valence-electron chi connectivity index (χ3n) is 2.22. The van der Waals surface area contributed by atoms with Crippen LogP contribution in [-0.2, 0) is 0 Å². The van der Waals surface area contributed by atoms with E-state index in [1.54, 1.807) is 23.9 Å². The molecule has 2 heterocycles. The topological polar surface area (TPSA) is 71.2 Å². The van der Waals surface area contributed by atoms with Gasteiger partial charge in [-0.05, 0) is 13.0 Å². The maximum absolute atomic E-state index is 13.2. The number of aromatic nitrogens is 3.